The van der Waals surface area contributed by atoms with E-state index < -0.39 is 0 Å². The predicted molar refractivity (Wildman–Crippen MR) is 107 cm³/mol. The Kier molecular flexibility index (Phi) is 3.81. The summed E-state index contributed by atoms with van der Waals surface area (Å²) in [6, 6.07) is 26.3. The lowest BCUT2D eigenvalue weighted by molar-refractivity contribution is 1.12. The van der Waals surface area contributed by atoms with Gasteiger partial charge in [0.2, 0.25) is 0 Å². The summed E-state index contributed by atoms with van der Waals surface area (Å²) in [7, 11) is 1.79. The summed E-state index contributed by atoms with van der Waals surface area (Å²) in [6.45, 7) is 4.26. The molecule has 0 radical (unpaired) electrons. The van der Waals surface area contributed by atoms with Gasteiger partial charge in [0.25, 0.3) is 14.8 Å². The minimum absolute atomic E-state index is 0.896. The first-order valence-corrected chi connectivity index (χ1v) is 8.46. The molecule has 116 valence electrons. The molecule has 4 rings (SSSR count). The van der Waals surface area contributed by atoms with Crippen LogP contribution >= 0.6 is 0 Å². The monoisotopic (exact) mass is 310 g/mol. The average Bonchev–Trinajstić information content (AvgIpc) is 2.62. The number of aryl methyl sites for hydroxylation is 2. The van der Waals surface area contributed by atoms with Gasteiger partial charge in [-0.05, 0) is 38.1 Å². The van der Waals surface area contributed by atoms with Crippen LogP contribution in [0.5, 0.6) is 0 Å². The van der Waals surface area contributed by atoms with Crippen LogP contribution in [-0.4, -0.2) is 14.8 Å². The highest BCUT2D eigenvalue weighted by Crippen LogP contribution is 2.23. The van der Waals surface area contributed by atoms with Gasteiger partial charge < -0.3 is 9.84 Å². The fourth-order valence-electron chi connectivity index (χ4n) is 3.25. The molecule has 0 fully saturated rings. The van der Waals surface area contributed by atoms with Crippen molar-refractivity contribution in [3.8, 4) is 0 Å². The minimum Gasteiger partial charge on any atom is -0.341 e. The van der Waals surface area contributed by atoms with E-state index >= 15 is 0 Å². The van der Waals surface area contributed by atoms with E-state index in [2.05, 4.69) is 96.5 Å². The van der Waals surface area contributed by atoms with E-state index in [1.807, 2.05) is 0 Å². The lowest BCUT2D eigenvalue weighted by Crippen LogP contribution is -2.63. The maximum absolute atomic E-state index is 2.38. The van der Waals surface area contributed by atoms with E-state index in [0.29, 0.717) is 0 Å². The molecule has 3 aromatic rings. The molecule has 24 heavy (non-hydrogen) atoms. The standard InChI is InChI=1S/C20H20B2N2/c1-15-7-11-17(12-8-15)23-21-19-5-3-4-6-20(19)22-24(23)18-13-9-16(2)10-14-18/h3-14,21-22H,1-2H3. The molecule has 1 aliphatic rings. The van der Waals surface area contributed by atoms with Crippen LogP contribution in [-0.2, 0) is 0 Å². The number of anilines is 2. The second kappa shape index (κ2) is 6.12. The van der Waals surface area contributed by atoms with Gasteiger partial charge in [-0.3, -0.25) is 0 Å². The van der Waals surface area contributed by atoms with Gasteiger partial charge in [0.15, 0.2) is 0 Å². The molecule has 0 bridgehead atoms. The summed E-state index contributed by atoms with van der Waals surface area (Å²) in [5.74, 6) is 0. The summed E-state index contributed by atoms with van der Waals surface area (Å²) < 4.78 is 0. The van der Waals surface area contributed by atoms with E-state index in [9.17, 15) is 0 Å². The van der Waals surface area contributed by atoms with E-state index in [-0.39, 0.29) is 0 Å². The Bertz CT molecular complexity index is 772. The number of nitrogens with zero attached hydrogens (tertiary/aromatic N) is 2. The van der Waals surface area contributed by atoms with Crippen molar-refractivity contribution in [3.63, 3.8) is 0 Å². The predicted octanol–water partition coefficient (Wildman–Crippen LogP) is 2.20. The third-order valence-electron chi connectivity index (χ3n) is 4.71. The minimum atomic E-state index is 0.896. The van der Waals surface area contributed by atoms with Crippen LogP contribution in [0, 0.1) is 13.8 Å². The number of benzene rings is 3. The second-order valence-electron chi connectivity index (χ2n) is 6.56. The molecular weight excluding hydrogens is 290 g/mol. The molecule has 2 nitrogen and oxygen atoms in total. The molecule has 3 aromatic carbocycles. The number of rotatable bonds is 2. The number of hydrogen-bond donors (Lipinski definition) is 0. The summed E-state index contributed by atoms with van der Waals surface area (Å²) in [5.41, 5.74) is 7.85. The second-order valence-corrected chi connectivity index (χ2v) is 6.56. The summed E-state index contributed by atoms with van der Waals surface area (Å²) in [4.78, 5) is 4.76. The SMILES string of the molecule is Cc1ccc(N2Bc3ccccc3BN2c2ccc(C)cc2)cc1. The fourth-order valence-corrected chi connectivity index (χ4v) is 3.25. The van der Waals surface area contributed by atoms with Crippen LogP contribution in [0.2, 0.25) is 0 Å². The molecule has 0 unspecified atom stereocenters. The molecule has 0 atom stereocenters. The lowest BCUT2D eigenvalue weighted by Gasteiger charge is -2.42. The van der Waals surface area contributed by atoms with Crippen molar-refractivity contribution in [1.29, 1.82) is 0 Å². The molecule has 0 saturated heterocycles. The fraction of sp³-hybridized carbons (Fsp3) is 0.100. The quantitative estimate of drug-likeness (QED) is 0.670. The Morgan fingerprint density at radius 1 is 0.542 bits per heavy atom. The van der Waals surface area contributed by atoms with Crippen molar-refractivity contribution in [2.24, 2.45) is 0 Å². The Labute approximate surface area is 145 Å². The Morgan fingerprint density at radius 3 is 1.29 bits per heavy atom. The molecule has 0 saturated carbocycles. The van der Waals surface area contributed by atoms with Crippen LogP contribution in [0.25, 0.3) is 0 Å². The van der Waals surface area contributed by atoms with Crippen LogP contribution in [0.15, 0.2) is 72.8 Å². The van der Waals surface area contributed by atoms with Gasteiger partial charge in [-0.2, -0.15) is 0 Å². The van der Waals surface area contributed by atoms with E-state index in [1.54, 1.807) is 0 Å². The van der Waals surface area contributed by atoms with Gasteiger partial charge in [0.1, 0.15) is 0 Å². The smallest absolute Gasteiger partial charge is 0.294 e. The number of hydrogen-bond acceptors (Lipinski definition) is 2. The first-order chi connectivity index (χ1) is 11.7. The topological polar surface area (TPSA) is 6.48 Å². The zero-order chi connectivity index (χ0) is 16.5. The normalized spacial score (nSPS) is 13.1. The molecular formula is C20H20B2N2. The van der Waals surface area contributed by atoms with E-state index in [1.165, 1.54) is 33.4 Å². The summed E-state index contributed by atoms with van der Waals surface area (Å²) >= 11 is 0. The zero-order valence-corrected chi connectivity index (χ0v) is 14.2. The van der Waals surface area contributed by atoms with E-state index in [4.69, 9.17) is 0 Å². The molecule has 0 spiro atoms. The first-order valence-electron chi connectivity index (χ1n) is 8.46. The number of hydrazine groups is 1. The van der Waals surface area contributed by atoms with Crippen molar-refractivity contribution in [1.82, 2.24) is 0 Å². The van der Waals surface area contributed by atoms with E-state index in [0.717, 1.165) is 14.8 Å². The largest absolute Gasteiger partial charge is 0.341 e. The Balaban J connectivity index is 1.78. The highest BCUT2D eigenvalue weighted by atomic mass is 15.6. The summed E-state index contributed by atoms with van der Waals surface area (Å²) in [5, 5.41) is 0. The van der Waals surface area contributed by atoms with Gasteiger partial charge in [0, 0.05) is 11.4 Å². The van der Waals surface area contributed by atoms with Gasteiger partial charge in [-0.1, -0.05) is 70.6 Å². The molecule has 0 aliphatic carbocycles. The van der Waals surface area contributed by atoms with Crippen molar-refractivity contribution in [2.75, 3.05) is 9.84 Å². The highest BCUT2D eigenvalue weighted by Gasteiger charge is 2.26. The maximum Gasteiger partial charge on any atom is 0.294 e. The summed E-state index contributed by atoms with van der Waals surface area (Å²) in [6.07, 6.45) is 0. The maximum atomic E-state index is 2.38. The lowest BCUT2D eigenvalue weighted by atomic mass is 9.63. The zero-order valence-electron chi connectivity index (χ0n) is 14.2. The van der Waals surface area contributed by atoms with Gasteiger partial charge in [-0.15, -0.1) is 0 Å². The average molecular weight is 310 g/mol. The molecule has 0 aromatic heterocycles. The van der Waals surface area contributed by atoms with Crippen molar-refractivity contribution in [3.05, 3.63) is 83.9 Å². The van der Waals surface area contributed by atoms with Gasteiger partial charge in [0.05, 0.1) is 0 Å². The molecule has 0 amide bonds. The molecule has 1 aliphatic heterocycles. The van der Waals surface area contributed by atoms with Gasteiger partial charge >= 0.3 is 0 Å². The third kappa shape index (κ3) is 2.80. The van der Waals surface area contributed by atoms with Crippen LogP contribution in [0.3, 0.4) is 0 Å². The molecule has 0 N–H and O–H groups in total. The van der Waals surface area contributed by atoms with Crippen LogP contribution in [0.1, 0.15) is 11.1 Å². The number of fused-ring (bicyclic) bond motifs is 1. The Hall–Kier alpha value is -2.61. The van der Waals surface area contributed by atoms with Crippen molar-refractivity contribution in [2.45, 2.75) is 13.8 Å². The van der Waals surface area contributed by atoms with Crippen molar-refractivity contribution >= 4 is 37.1 Å². The van der Waals surface area contributed by atoms with Crippen molar-refractivity contribution < 1.29 is 0 Å². The molecule has 4 heteroatoms. The van der Waals surface area contributed by atoms with Crippen LogP contribution in [0.4, 0.5) is 11.4 Å². The van der Waals surface area contributed by atoms with Gasteiger partial charge in [-0.25, -0.2) is 0 Å². The highest BCUT2D eigenvalue weighted by molar-refractivity contribution is 6.76. The first kappa shape index (κ1) is 14.9. The Morgan fingerprint density at radius 2 is 0.917 bits per heavy atom. The van der Waals surface area contributed by atoms with Crippen LogP contribution < -0.4 is 20.8 Å². The third-order valence-corrected chi connectivity index (χ3v) is 4.71. The molecule has 1 heterocycles.